The summed E-state index contributed by atoms with van der Waals surface area (Å²) in [6.07, 6.45) is 4.42. The van der Waals surface area contributed by atoms with E-state index in [0.29, 0.717) is 18.4 Å². The Kier molecular flexibility index (Phi) is 4.86. The Morgan fingerprint density at radius 3 is 2.64 bits per heavy atom. The van der Waals surface area contributed by atoms with Crippen LogP contribution in [0, 0.1) is 22.7 Å². The molecule has 1 saturated heterocycles. The minimum Gasteiger partial charge on any atom is -0.459 e. The van der Waals surface area contributed by atoms with Gasteiger partial charge in [0.2, 0.25) is 0 Å². The van der Waals surface area contributed by atoms with Crippen molar-refractivity contribution >= 4 is 5.97 Å². The normalized spacial score (nSPS) is 46.2. The number of aliphatic hydroxyl groups is 3. The molecule has 0 bridgehead atoms. The van der Waals surface area contributed by atoms with Crippen molar-refractivity contribution in [2.24, 2.45) is 22.7 Å². The van der Waals surface area contributed by atoms with Crippen molar-refractivity contribution in [3.8, 4) is 0 Å². The lowest BCUT2D eigenvalue weighted by Crippen LogP contribution is -2.57. The highest BCUT2D eigenvalue weighted by Crippen LogP contribution is 2.61. The first-order chi connectivity index (χ1) is 11.7. The van der Waals surface area contributed by atoms with Gasteiger partial charge in [0.05, 0.1) is 18.3 Å². The highest BCUT2D eigenvalue weighted by Gasteiger charge is 2.57. The molecule has 3 aliphatic rings. The molecule has 25 heavy (non-hydrogen) atoms. The van der Waals surface area contributed by atoms with Crippen molar-refractivity contribution in [2.75, 3.05) is 13.2 Å². The van der Waals surface area contributed by atoms with Gasteiger partial charge in [-0.1, -0.05) is 32.1 Å². The Labute approximate surface area is 149 Å². The minimum atomic E-state index is -0.844. The predicted octanol–water partition coefficient (Wildman–Crippen LogP) is 1.96. The van der Waals surface area contributed by atoms with Gasteiger partial charge in [-0.2, -0.15) is 0 Å². The summed E-state index contributed by atoms with van der Waals surface area (Å²) in [6.45, 7) is 8.50. The van der Waals surface area contributed by atoms with Crippen LogP contribution >= 0.6 is 0 Å². The van der Waals surface area contributed by atoms with Gasteiger partial charge in [-0.3, -0.25) is 0 Å². The number of hydrogen-bond donors (Lipinski definition) is 3. The van der Waals surface area contributed by atoms with Crippen LogP contribution in [0.4, 0.5) is 0 Å². The van der Waals surface area contributed by atoms with Crippen LogP contribution < -0.4 is 0 Å². The summed E-state index contributed by atoms with van der Waals surface area (Å²) in [5, 5.41) is 30.4. The summed E-state index contributed by atoms with van der Waals surface area (Å²) in [7, 11) is 0. The number of hydrogen-bond acceptors (Lipinski definition) is 5. The maximum atomic E-state index is 11.8. The van der Waals surface area contributed by atoms with Gasteiger partial charge >= 0.3 is 5.97 Å². The van der Waals surface area contributed by atoms with E-state index in [9.17, 15) is 20.1 Å². The highest BCUT2D eigenvalue weighted by molar-refractivity contribution is 5.91. The van der Waals surface area contributed by atoms with Crippen molar-refractivity contribution in [1.29, 1.82) is 0 Å². The average Bonchev–Trinajstić information content (AvgIpc) is 2.89. The second kappa shape index (κ2) is 6.53. The molecule has 0 radical (unpaired) electrons. The Bertz CT molecular complexity index is 597. The molecule has 1 heterocycles. The monoisotopic (exact) mass is 350 g/mol. The fraction of sp³-hybridized carbons (Fsp3) is 0.750. The average molecular weight is 350 g/mol. The van der Waals surface area contributed by atoms with E-state index in [2.05, 4.69) is 13.5 Å². The topological polar surface area (TPSA) is 87.0 Å². The van der Waals surface area contributed by atoms with Crippen molar-refractivity contribution in [3.63, 3.8) is 0 Å². The zero-order valence-electron chi connectivity index (χ0n) is 15.2. The zero-order chi connectivity index (χ0) is 18.4. The third-order valence-corrected chi connectivity index (χ3v) is 7.23. The van der Waals surface area contributed by atoms with Crippen LogP contribution in [-0.4, -0.2) is 46.7 Å². The van der Waals surface area contributed by atoms with Gasteiger partial charge < -0.3 is 20.1 Å². The first-order valence-corrected chi connectivity index (χ1v) is 9.26. The van der Waals surface area contributed by atoms with Gasteiger partial charge in [-0.25, -0.2) is 4.79 Å². The smallest absolute Gasteiger partial charge is 0.336 e. The fourth-order valence-electron chi connectivity index (χ4n) is 5.56. The molecule has 0 aromatic carbocycles. The number of esters is 1. The van der Waals surface area contributed by atoms with E-state index in [1.807, 2.05) is 13.0 Å². The lowest BCUT2D eigenvalue weighted by molar-refractivity contribution is -0.151. The van der Waals surface area contributed by atoms with E-state index in [-0.39, 0.29) is 30.5 Å². The number of rotatable bonds is 3. The molecule has 0 spiro atoms. The molecule has 5 heteroatoms. The Balaban J connectivity index is 1.89. The Hall–Kier alpha value is -1.17. The van der Waals surface area contributed by atoms with Crippen molar-refractivity contribution < 1.29 is 24.9 Å². The zero-order valence-corrected chi connectivity index (χ0v) is 15.2. The van der Waals surface area contributed by atoms with E-state index < -0.39 is 23.6 Å². The van der Waals surface area contributed by atoms with Crippen LogP contribution in [0.15, 0.2) is 23.8 Å². The summed E-state index contributed by atoms with van der Waals surface area (Å²) < 4.78 is 4.90. The molecule has 3 N–H and O–H groups in total. The summed E-state index contributed by atoms with van der Waals surface area (Å²) >= 11 is 0. The first kappa shape index (κ1) is 18.6. The molecule has 0 aromatic rings. The molecule has 140 valence electrons. The second-order valence-electron chi connectivity index (χ2n) is 8.54. The van der Waals surface area contributed by atoms with Crippen LogP contribution in [0.1, 0.15) is 46.0 Å². The lowest BCUT2D eigenvalue weighted by atomic mass is 9.46. The first-order valence-electron chi connectivity index (χ1n) is 9.26. The van der Waals surface area contributed by atoms with Crippen LogP contribution in [0.25, 0.3) is 0 Å². The summed E-state index contributed by atoms with van der Waals surface area (Å²) in [6, 6.07) is 0. The standard InChI is InChI=1S/C20H30O5/c1-12-4-7-16-19(2,9-8-17(23)20(16,3)11-21)14(12)6-5-13-15(22)10-25-18(13)24/h5,14-17,21-23H,1,4,6-11H2,2-3H3/b13-5+/t14-,15+,16-,17+,19-,20+/m0/s1. The van der Waals surface area contributed by atoms with Crippen LogP contribution in [-0.2, 0) is 9.53 Å². The van der Waals surface area contributed by atoms with Crippen LogP contribution in [0.3, 0.4) is 0 Å². The lowest BCUT2D eigenvalue weighted by Gasteiger charge is -2.59. The van der Waals surface area contributed by atoms with E-state index in [1.165, 1.54) is 0 Å². The maximum absolute atomic E-state index is 11.8. The maximum Gasteiger partial charge on any atom is 0.336 e. The molecule has 3 fully saturated rings. The summed E-state index contributed by atoms with van der Waals surface area (Å²) in [4.78, 5) is 11.8. The Morgan fingerprint density at radius 2 is 2.04 bits per heavy atom. The van der Waals surface area contributed by atoms with E-state index >= 15 is 0 Å². The molecule has 5 nitrogen and oxygen atoms in total. The van der Waals surface area contributed by atoms with Crippen molar-refractivity contribution in [3.05, 3.63) is 23.8 Å². The number of aliphatic hydroxyl groups excluding tert-OH is 3. The van der Waals surface area contributed by atoms with Gasteiger partial charge in [0.15, 0.2) is 0 Å². The van der Waals surface area contributed by atoms with Gasteiger partial charge in [0.25, 0.3) is 0 Å². The minimum absolute atomic E-state index is 0.0280. The number of carbonyl (C=O) groups is 1. The van der Waals surface area contributed by atoms with Crippen LogP contribution in [0.2, 0.25) is 0 Å². The molecule has 0 aromatic heterocycles. The van der Waals surface area contributed by atoms with Gasteiger partial charge in [-0.05, 0) is 49.4 Å². The van der Waals surface area contributed by atoms with Gasteiger partial charge in [-0.15, -0.1) is 0 Å². The molecule has 3 rings (SSSR count). The van der Waals surface area contributed by atoms with E-state index in [1.54, 1.807) is 0 Å². The summed E-state index contributed by atoms with van der Waals surface area (Å²) in [5.41, 5.74) is 0.911. The molecule has 0 amide bonds. The number of carbonyl (C=O) groups excluding carboxylic acids is 1. The quantitative estimate of drug-likeness (QED) is 0.411. The second-order valence-corrected chi connectivity index (χ2v) is 8.54. The summed E-state index contributed by atoms with van der Waals surface area (Å²) in [5.74, 6) is -0.0734. The SMILES string of the molecule is C=C1CC[C@@H]2[C@@](C)(CO)[C@H](O)CC[C@@]2(C)[C@H]1C/C=C1/C(=O)OC[C@H]1O. The molecule has 2 saturated carbocycles. The van der Waals surface area contributed by atoms with E-state index in [4.69, 9.17) is 4.74 Å². The van der Waals surface area contributed by atoms with Crippen molar-refractivity contribution in [2.45, 2.75) is 58.2 Å². The van der Waals surface area contributed by atoms with Gasteiger partial charge in [0.1, 0.15) is 12.7 Å². The molecule has 1 aliphatic heterocycles. The molecular weight excluding hydrogens is 320 g/mol. The predicted molar refractivity (Wildman–Crippen MR) is 93.6 cm³/mol. The number of ether oxygens (including phenoxy) is 1. The fourth-order valence-corrected chi connectivity index (χ4v) is 5.56. The van der Waals surface area contributed by atoms with Crippen molar-refractivity contribution in [1.82, 2.24) is 0 Å². The highest BCUT2D eigenvalue weighted by atomic mass is 16.6. The molecule has 0 unspecified atom stereocenters. The third-order valence-electron chi connectivity index (χ3n) is 7.23. The third kappa shape index (κ3) is 2.86. The molecule has 6 atom stereocenters. The number of cyclic esters (lactones) is 1. The van der Waals surface area contributed by atoms with Crippen LogP contribution in [0.5, 0.6) is 0 Å². The number of allylic oxidation sites excluding steroid dienone is 2. The Morgan fingerprint density at radius 1 is 1.32 bits per heavy atom. The number of fused-ring (bicyclic) bond motifs is 1. The molecule has 2 aliphatic carbocycles. The largest absolute Gasteiger partial charge is 0.459 e. The molecular formula is C20H30O5. The van der Waals surface area contributed by atoms with Gasteiger partial charge in [0, 0.05) is 5.41 Å². The van der Waals surface area contributed by atoms with E-state index in [0.717, 1.165) is 24.8 Å².